The number of ether oxygens (including phenoxy) is 2. The van der Waals surface area contributed by atoms with Crippen LogP contribution in [0.15, 0.2) is 18.6 Å². The van der Waals surface area contributed by atoms with E-state index < -0.39 is 5.79 Å². The van der Waals surface area contributed by atoms with E-state index in [1.807, 2.05) is 6.20 Å². The van der Waals surface area contributed by atoms with Gasteiger partial charge in [-0.05, 0) is 0 Å². The topological polar surface area (TPSA) is 60.0 Å². The quantitative estimate of drug-likeness (QED) is 0.839. The van der Waals surface area contributed by atoms with Gasteiger partial charge in [-0.1, -0.05) is 20.8 Å². The van der Waals surface area contributed by atoms with E-state index in [0.29, 0.717) is 13.2 Å². The largest absolute Gasteiger partial charge is 0.344 e. The summed E-state index contributed by atoms with van der Waals surface area (Å²) in [4.78, 5) is 11.8. The summed E-state index contributed by atoms with van der Waals surface area (Å²) in [7, 11) is 0. The molecule has 1 saturated heterocycles. The van der Waals surface area contributed by atoms with Gasteiger partial charge in [-0.25, -0.2) is 4.98 Å². The van der Waals surface area contributed by atoms with Crippen LogP contribution < -0.4 is 0 Å². The zero-order chi connectivity index (χ0) is 12.8. The molecule has 1 aliphatic rings. The van der Waals surface area contributed by atoms with Crippen LogP contribution in [0.3, 0.4) is 0 Å². The van der Waals surface area contributed by atoms with Crippen LogP contribution in [0, 0.1) is 5.41 Å². The third kappa shape index (κ3) is 1.47. The lowest BCUT2D eigenvalue weighted by Gasteiger charge is -2.39. The van der Waals surface area contributed by atoms with Gasteiger partial charge in [0, 0.05) is 24.0 Å². The molecule has 2 aromatic rings. The van der Waals surface area contributed by atoms with E-state index in [9.17, 15) is 0 Å². The summed E-state index contributed by atoms with van der Waals surface area (Å²) in [5.74, 6) is -0.749. The molecule has 0 aliphatic carbocycles. The summed E-state index contributed by atoms with van der Waals surface area (Å²) in [6.07, 6.45) is 5.24. The number of H-pyrrole nitrogens is 1. The molecule has 0 radical (unpaired) electrons. The first-order valence-corrected chi connectivity index (χ1v) is 6.11. The van der Waals surface area contributed by atoms with Gasteiger partial charge in [0.2, 0.25) is 5.79 Å². The van der Waals surface area contributed by atoms with Gasteiger partial charge < -0.3 is 14.5 Å². The lowest BCUT2D eigenvalue weighted by molar-refractivity contribution is -0.231. The van der Waals surface area contributed by atoms with E-state index in [1.54, 1.807) is 12.4 Å². The highest BCUT2D eigenvalue weighted by atomic mass is 16.7. The van der Waals surface area contributed by atoms with Gasteiger partial charge in [-0.15, -0.1) is 0 Å². The third-order valence-electron chi connectivity index (χ3n) is 3.34. The molecular formula is C13H17N3O2. The molecule has 2 aromatic heterocycles. The lowest BCUT2D eigenvalue weighted by atomic mass is 9.81. The molecule has 96 valence electrons. The summed E-state index contributed by atoms with van der Waals surface area (Å²) >= 11 is 0. The van der Waals surface area contributed by atoms with Crippen LogP contribution in [-0.2, 0) is 15.3 Å². The molecule has 0 saturated carbocycles. The summed E-state index contributed by atoms with van der Waals surface area (Å²) in [5.41, 5.74) is 2.32. The normalized spacial score (nSPS) is 19.5. The van der Waals surface area contributed by atoms with Crippen molar-refractivity contribution in [2.75, 3.05) is 13.2 Å². The molecule has 3 rings (SSSR count). The van der Waals surface area contributed by atoms with Gasteiger partial charge in [0.1, 0.15) is 5.52 Å². The Balaban J connectivity index is 2.22. The predicted octanol–water partition coefficient (Wildman–Crippen LogP) is 2.20. The molecule has 0 amide bonds. The highest BCUT2D eigenvalue weighted by Gasteiger charge is 2.50. The number of nitrogens with one attached hydrogen (secondary N) is 1. The van der Waals surface area contributed by atoms with Crippen molar-refractivity contribution in [3.8, 4) is 0 Å². The smallest absolute Gasteiger partial charge is 0.203 e. The number of fused-ring (bicyclic) bond motifs is 1. The van der Waals surface area contributed by atoms with E-state index in [1.165, 1.54) is 0 Å². The molecule has 0 unspecified atom stereocenters. The average molecular weight is 247 g/mol. The van der Waals surface area contributed by atoms with E-state index in [-0.39, 0.29) is 5.41 Å². The van der Waals surface area contributed by atoms with Gasteiger partial charge >= 0.3 is 0 Å². The second kappa shape index (κ2) is 3.76. The first-order chi connectivity index (χ1) is 8.55. The molecule has 1 aliphatic heterocycles. The monoisotopic (exact) mass is 247 g/mol. The first kappa shape index (κ1) is 11.6. The Kier molecular flexibility index (Phi) is 2.43. The average Bonchev–Trinajstić information content (AvgIpc) is 2.94. The molecule has 0 aromatic carbocycles. The molecule has 1 fully saturated rings. The van der Waals surface area contributed by atoms with Crippen molar-refractivity contribution in [2.24, 2.45) is 5.41 Å². The molecule has 5 nitrogen and oxygen atoms in total. The van der Waals surface area contributed by atoms with E-state index in [0.717, 1.165) is 16.7 Å². The summed E-state index contributed by atoms with van der Waals surface area (Å²) < 4.78 is 11.9. The molecule has 3 heterocycles. The first-order valence-electron chi connectivity index (χ1n) is 6.11. The minimum absolute atomic E-state index is 0.184. The van der Waals surface area contributed by atoms with Crippen LogP contribution in [0.5, 0.6) is 0 Å². The fourth-order valence-corrected chi connectivity index (χ4v) is 2.51. The molecule has 0 bridgehead atoms. The van der Waals surface area contributed by atoms with Crippen molar-refractivity contribution >= 4 is 11.2 Å². The van der Waals surface area contributed by atoms with Crippen LogP contribution in [0.25, 0.3) is 11.2 Å². The maximum atomic E-state index is 5.95. The van der Waals surface area contributed by atoms with Crippen molar-refractivity contribution in [3.63, 3.8) is 0 Å². The molecule has 0 atom stereocenters. The fraction of sp³-hybridized carbons (Fsp3) is 0.538. The van der Waals surface area contributed by atoms with Crippen LogP contribution in [0.4, 0.5) is 0 Å². The number of rotatable bonds is 1. The summed E-state index contributed by atoms with van der Waals surface area (Å²) in [5, 5.41) is 0. The zero-order valence-electron chi connectivity index (χ0n) is 10.9. The predicted molar refractivity (Wildman–Crippen MR) is 66.9 cm³/mol. The second-order valence-electron chi connectivity index (χ2n) is 5.52. The third-order valence-corrected chi connectivity index (χ3v) is 3.34. The number of hydrogen-bond donors (Lipinski definition) is 1. The van der Waals surface area contributed by atoms with Crippen molar-refractivity contribution in [3.05, 3.63) is 24.2 Å². The molecule has 5 heteroatoms. The van der Waals surface area contributed by atoms with Gasteiger partial charge in [-0.3, -0.25) is 4.98 Å². The minimum atomic E-state index is -0.749. The summed E-state index contributed by atoms with van der Waals surface area (Å²) in [6.45, 7) is 7.52. The van der Waals surface area contributed by atoms with Crippen LogP contribution in [0.2, 0.25) is 0 Å². The lowest BCUT2D eigenvalue weighted by Crippen LogP contribution is -2.41. The van der Waals surface area contributed by atoms with Gasteiger partial charge in [0.15, 0.2) is 5.65 Å². The molecule has 18 heavy (non-hydrogen) atoms. The van der Waals surface area contributed by atoms with E-state index >= 15 is 0 Å². The standard InChI is InChI=1S/C13H17N3O2/c1-12(2,3)13(17-6-7-18-13)9-8-16-11-10(9)14-4-5-15-11/h4-5,8H,6-7H2,1-3H3,(H,15,16). The molecule has 1 N–H and O–H groups in total. The Morgan fingerprint density at radius 1 is 1.17 bits per heavy atom. The van der Waals surface area contributed by atoms with Gasteiger partial charge in [-0.2, -0.15) is 0 Å². The Labute approximate surface area is 106 Å². The Morgan fingerprint density at radius 2 is 1.83 bits per heavy atom. The van der Waals surface area contributed by atoms with Crippen molar-refractivity contribution in [1.82, 2.24) is 15.0 Å². The SMILES string of the molecule is CC(C)(C)C1(c2c[nH]c3nccnc23)OCCO1. The maximum absolute atomic E-state index is 5.95. The van der Waals surface area contributed by atoms with E-state index in [4.69, 9.17) is 9.47 Å². The van der Waals surface area contributed by atoms with Gasteiger partial charge in [0.05, 0.1) is 18.8 Å². The zero-order valence-corrected chi connectivity index (χ0v) is 10.9. The molecule has 0 spiro atoms. The van der Waals surface area contributed by atoms with Crippen molar-refractivity contribution in [2.45, 2.75) is 26.6 Å². The molecular weight excluding hydrogens is 230 g/mol. The van der Waals surface area contributed by atoms with Crippen molar-refractivity contribution in [1.29, 1.82) is 0 Å². The Hall–Kier alpha value is -1.46. The van der Waals surface area contributed by atoms with Gasteiger partial charge in [0.25, 0.3) is 0 Å². The van der Waals surface area contributed by atoms with Crippen LogP contribution in [0.1, 0.15) is 26.3 Å². The Morgan fingerprint density at radius 3 is 2.50 bits per heavy atom. The van der Waals surface area contributed by atoms with Crippen molar-refractivity contribution < 1.29 is 9.47 Å². The highest BCUT2D eigenvalue weighted by molar-refractivity contribution is 5.75. The van der Waals surface area contributed by atoms with E-state index in [2.05, 4.69) is 35.7 Å². The summed E-state index contributed by atoms with van der Waals surface area (Å²) in [6, 6.07) is 0. The number of aromatic nitrogens is 3. The maximum Gasteiger partial charge on any atom is 0.203 e. The number of aromatic amines is 1. The number of nitrogens with zero attached hydrogens (tertiary/aromatic N) is 2. The second-order valence-corrected chi connectivity index (χ2v) is 5.52. The number of hydrogen-bond acceptors (Lipinski definition) is 4. The van der Waals surface area contributed by atoms with Crippen LogP contribution in [-0.4, -0.2) is 28.2 Å². The fourth-order valence-electron chi connectivity index (χ4n) is 2.51. The van der Waals surface area contributed by atoms with Crippen LogP contribution >= 0.6 is 0 Å². The Bertz CT molecular complexity index is 565. The highest BCUT2D eigenvalue weighted by Crippen LogP contribution is 2.47. The minimum Gasteiger partial charge on any atom is -0.344 e.